The van der Waals surface area contributed by atoms with Crippen LogP contribution in [0.2, 0.25) is 0 Å². The number of benzene rings is 2. The topological polar surface area (TPSA) is 46.7 Å². The lowest BCUT2D eigenvalue weighted by Gasteiger charge is -2.31. The summed E-state index contributed by atoms with van der Waals surface area (Å²) in [7, 11) is 19.5. The fraction of sp³-hybridized carbons (Fsp3) is 0.200. The maximum Gasteiger partial charge on any atom is 0.271 e. The van der Waals surface area contributed by atoms with Crippen LogP contribution in [-0.4, -0.2) is 48.4 Å². The van der Waals surface area contributed by atoms with E-state index >= 15 is 0 Å². The van der Waals surface area contributed by atoms with Crippen LogP contribution in [0.15, 0.2) is 31.1 Å². The van der Waals surface area contributed by atoms with Gasteiger partial charge in [0, 0.05) is 24.9 Å². The van der Waals surface area contributed by atoms with Gasteiger partial charge in [0.2, 0.25) is 11.1 Å². The SMILES string of the molecule is [B]c1c(S)c2c(c(S)c1C1=C(O)C(c3c([B])c4c(c(S)c3S)[N+](=S)C(S)C4(S)S)=C1O)C([B])(S)C(S)N2S. The second-order valence-electron chi connectivity index (χ2n) is 8.84. The Hall–Kier alpha value is 1.03. The van der Waals surface area contributed by atoms with Crippen molar-refractivity contribution in [2.45, 2.75) is 39.1 Å². The molecule has 2 aromatic carbocycles. The smallest absolute Gasteiger partial charge is 0.271 e. The fourth-order valence-corrected chi connectivity index (χ4v) is 9.13. The Morgan fingerprint density at radius 1 is 0.816 bits per heavy atom. The molecule has 0 aromatic heterocycles. The average molecular weight is 700 g/mol. The van der Waals surface area contributed by atoms with Gasteiger partial charge >= 0.3 is 0 Å². The van der Waals surface area contributed by atoms with Crippen LogP contribution in [0.3, 0.4) is 0 Å². The third-order valence-electron chi connectivity index (χ3n) is 6.79. The van der Waals surface area contributed by atoms with Crippen molar-refractivity contribution in [2.24, 2.45) is 0 Å². The highest BCUT2D eigenvalue weighted by Gasteiger charge is 2.54. The highest BCUT2D eigenvalue weighted by atomic mass is 32.2. The number of anilines is 1. The minimum absolute atomic E-state index is 0.0198. The second kappa shape index (κ2) is 9.78. The average Bonchev–Trinajstić information content (AvgIpc) is 3.14. The van der Waals surface area contributed by atoms with E-state index in [4.69, 9.17) is 36.0 Å². The Bertz CT molecular complexity index is 1590. The first-order valence-corrected chi connectivity index (χ1v) is 15.2. The minimum Gasteiger partial charge on any atom is -0.506 e. The summed E-state index contributed by atoms with van der Waals surface area (Å²) in [5.41, 5.74) is 2.55. The molecule has 2 N–H and O–H groups in total. The molecule has 0 fully saturated rings. The molecule has 0 bridgehead atoms. The molecule has 5 rings (SSSR count). The Morgan fingerprint density at radius 3 is 1.84 bits per heavy atom. The van der Waals surface area contributed by atoms with Gasteiger partial charge < -0.3 is 14.5 Å². The lowest BCUT2D eigenvalue weighted by Crippen LogP contribution is -2.33. The van der Waals surface area contributed by atoms with E-state index in [0.29, 0.717) is 32.3 Å². The van der Waals surface area contributed by atoms with Crippen LogP contribution in [0.25, 0.3) is 11.1 Å². The quantitative estimate of drug-likeness (QED) is 0.103. The third kappa shape index (κ3) is 3.76. The summed E-state index contributed by atoms with van der Waals surface area (Å²) in [4.78, 5) is 1.20. The predicted molar refractivity (Wildman–Crippen MR) is 192 cm³/mol. The van der Waals surface area contributed by atoms with Crippen molar-refractivity contribution in [1.82, 2.24) is 0 Å². The van der Waals surface area contributed by atoms with E-state index < -0.39 is 19.5 Å². The molecule has 0 amide bonds. The summed E-state index contributed by atoms with van der Waals surface area (Å²) in [5, 5.41) is 21.4. The van der Waals surface area contributed by atoms with E-state index in [1.807, 2.05) is 0 Å². The number of hydrogen-bond acceptors (Lipinski definition) is 14. The Morgan fingerprint density at radius 2 is 1.32 bits per heavy atom. The summed E-state index contributed by atoms with van der Waals surface area (Å²) in [6, 6.07) is 0. The molecule has 2 aromatic rings. The fourth-order valence-electron chi connectivity index (χ4n) is 4.89. The molecule has 3 atom stereocenters. The van der Waals surface area contributed by atoms with Gasteiger partial charge in [0.15, 0.2) is 4.08 Å². The van der Waals surface area contributed by atoms with E-state index in [-0.39, 0.29) is 54.5 Å². The number of rotatable bonds is 2. The van der Waals surface area contributed by atoms with Crippen LogP contribution in [0, 0.1) is 0 Å². The molecule has 38 heavy (non-hydrogen) atoms. The van der Waals surface area contributed by atoms with Gasteiger partial charge in [-0.2, -0.15) is 25.3 Å². The second-order valence-corrected chi connectivity index (χ2v) is 14.9. The van der Waals surface area contributed by atoms with Crippen molar-refractivity contribution >= 4 is 196 Å². The normalized spacial score (nSPS) is 25.7. The first kappa shape index (κ1) is 30.5. The maximum atomic E-state index is 11.3. The number of allylic oxidation sites excluding steroid dienone is 2. The zero-order valence-corrected chi connectivity index (χ0v) is 28.3. The molecule has 4 nitrogen and oxygen atoms in total. The van der Waals surface area contributed by atoms with Crippen molar-refractivity contribution < 1.29 is 14.2 Å². The van der Waals surface area contributed by atoms with Crippen molar-refractivity contribution in [3.63, 3.8) is 0 Å². The first-order chi connectivity index (χ1) is 17.4. The zero-order chi connectivity index (χ0) is 28.5. The highest BCUT2D eigenvalue weighted by Crippen LogP contribution is 2.58. The molecule has 18 heteroatoms. The van der Waals surface area contributed by atoms with E-state index in [1.165, 1.54) is 8.25 Å². The molecule has 0 spiro atoms. The van der Waals surface area contributed by atoms with E-state index in [0.717, 1.165) is 0 Å². The maximum absolute atomic E-state index is 11.3. The number of aliphatic hydroxyl groups excluding tert-OH is 2. The van der Waals surface area contributed by atoms with Crippen molar-refractivity contribution in [3.8, 4) is 0 Å². The molecule has 0 saturated heterocycles. The van der Waals surface area contributed by atoms with E-state index in [1.54, 1.807) is 0 Å². The summed E-state index contributed by atoms with van der Waals surface area (Å²) in [6.45, 7) is 0. The van der Waals surface area contributed by atoms with Crippen molar-refractivity contribution in [3.05, 3.63) is 33.8 Å². The summed E-state index contributed by atoms with van der Waals surface area (Å²) in [5.74, 6) is -0.618. The number of hydrogen-bond donors (Lipinski definition) is 12. The standard InChI is InChI=1S/C20H13B3N2O2S11/c21-7-1(14(29)16(31)9-5(7)20(35,36)18(33)25(9)38)3-11(26)4(12(3)27)2-8(22)15(30)10-6(13(2)28)19(23,34)17(32)24(10)37/h17-18H,(H11-,26,27,28,29,30,31,32,33,34,35,36,37,38)/p+1. The molecular formula is C20H14B3N2O2S11+. The summed E-state index contributed by atoms with van der Waals surface area (Å²) >= 11 is 51.3. The Balaban J connectivity index is 1.75. The van der Waals surface area contributed by atoms with Gasteiger partial charge in [-0.05, 0) is 11.1 Å². The first-order valence-electron chi connectivity index (χ1n) is 10.3. The van der Waals surface area contributed by atoms with Crippen LogP contribution in [0.4, 0.5) is 11.4 Å². The molecule has 6 radical (unpaired) electrons. The molecule has 3 aliphatic rings. The van der Waals surface area contributed by atoms with Gasteiger partial charge in [-0.25, -0.2) is 0 Å². The van der Waals surface area contributed by atoms with Crippen LogP contribution in [-0.2, 0) is 21.2 Å². The molecule has 2 aliphatic heterocycles. The van der Waals surface area contributed by atoms with Gasteiger partial charge in [-0.1, -0.05) is 23.7 Å². The predicted octanol–water partition coefficient (Wildman–Crippen LogP) is 3.51. The van der Waals surface area contributed by atoms with Gasteiger partial charge in [0.1, 0.15) is 27.2 Å². The Labute approximate surface area is 284 Å². The van der Waals surface area contributed by atoms with Gasteiger partial charge in [-0.3, -0.25) is 0 Å². The lowest BCUT2D eigenvalue weighted by molar-refractivity contribution is -0.416. The number of nitrogens with zero attached hydrogens (tertiary/aromatic N) is 2. The van der Waals surface area contributed by atoms with Crippen molar-refractivity contribution in [2.75, 3.05) is 4.31 Å². The highest BCUT2D eigenvalue weighted by molar-refractivity contribution is 8.01. The molecule has 0 saturated carbocycles. The monoisotopic (exact) mass is 699 g/mol. The van der Waals surface area contributed by atoms with E-state index in [2.05, 4.69) is 126 Å². The summed E-state index contributed by atoms with van der Waals surface area (Å²) < 4.78 is 0.405. The van der Waals surface area contributed by atoms with Crippen LogP contribution < -0.4 is 15.2 Å². The van der Waals surface area contributed by atoms with E-state index in [9.17, 15) is 10.2 Å². The zero-order valence-electron chi connectivity index (χ0n) is 18.6. The van der Waals surface area contributed by atoms with Crippen molar-refractivity contribution in [1.29, 1.82) is 0 Å². The third-order valence-corrected chi connectivity index (χ3v) is 13.2. The number of thiol groups is 10. The van der Waals surface area contributed by atoms with Gasteiger partial charge in [0.25, 0.3) is 12.4 Å². The Kier molecular flexibility index (Phi) is 7.85. The largest absolute Gasteiger partial charge is 0.506 e. The van der Waals surface area contributed by atoms with Crippen LogP contribution in [0.5, 0.6) is 0 Å². The van der Waals surface area contributed by atoms with Gasteiger partial charge in [-0.15, -0.1) is 92.3 Å². The lowest BCUT2D eigenvalue weighted by atomic mass is 9.72. The molecular weight excluding hydrogens is 685 g/mol. The van der Waals surface area contributed by atoms with Gasteiger partial charge in [0.05, 0.1) is 40.5 Å². The van der Waals surface area contributed by atoms with Crippen LogP contribution in [0.1, 0.15) is 22.3 Å². The number of aliphatic hydroxyl groups is 2. The number of fused-ring (bicyclic) bond motifs is 2. The summed E-state index contributed by atoms with van der Waals surface area (Å²) in [6.07, 6.45) is 0. The van der Waals surface area contributed by atoms with Crippen LogP contribution >= 0.6 is 126 Å². The minimum atomic E-state index is -1.31. The molecule has 3 unspecified atom stereocenters. The molecule has 190 valence electrons. The molecule has 2 heterocycles. The molecule has 1 aliphatic carbocycles.